The van der Waals surface area contributed by atoms with E-state index in [1.54, 1.807) is 0 Å². The first-order chi connectivity index (χ1) is 50.8. The Morgan fingerprint density at radius 3 is 1.46 bits per heavy atom. The van der Waals surface area contributed by atoms with Crippen LogP contribution in [0.2, 0.25) is 0 Å². The smallest absolute Gasteiger partial charge is 0.252 e. The number of benzene rings is 13. The normalized spacial score (nSPS) is 14.7. The molecule has 6 heteroatoms. The van der Waals surface area contributed by atoms with Crippen LogP contribution in [-0.4, -0.2) is 15.8 Å². The Balaban J connectivity index is 1.05. The summed E-state index contributed by atoms with van der Waals surface area (Å²) in [5, 5.41) is 13.8. The summed E-state index contributed by atoms with van der Waals surface area (Å²) in [6.07, 6.45) is 0. The van der Waals surface area contributed by atoms with Gasteiger partial charge in [0.2, 0.25) is 0 Å². The fraction of sp³-hybridized carbons (Fsp3) is 0.0920. The highest BCUT2D eigenvalue weighted by Gasteiger charge is 2.46. The van der Waals surface area contributed by atoms with E-state index in [1.807, 2.05) is 121 Å². The van der Waals surface area contributed by atoms with Gasteiger partial charge in [0.05, 0.1) is 56.8 Å². The molecule has 0 fully saturated rings. The fourth-order valence-electron chi connectivity index (χ4n) is 14.3. The molecule has 0 aliphatic carbocycles. The number of nitrogens with zero attached hydrogens (tertiary/aromatic N) is 5. The van der Waals surface area contributed by atoms with Gasteiger partial charge in [-0.15, -0.1) is 0 Å². The zero-order chi connectivity index (χ0) is 74.2. The molecule has 0 N–H and O–H groups in total. The van der Waals surface area contributed by atoms with E-state index in [9.17, 15) is 13.5 Å². The van der Waals surface area contributed by atoms with Crippen LogP contribution >= 0.6 is 0 Å². The molecular weight excluding hydrogens is 1130 g/mol. The maximum absolute atomic E-state index is 12.0. The van der Waals surface area contributed by atoms with Crippen LogP contribution in [0.4, 0.5) is 34.1 Å². The van der Waals surface area contributed by atoms with Crippen molar-refractivity contribution in [3.05, 3.63) is 308 Å². The molecule has 0 bridgehead atoms. The molecule has 93 heavy (non-hydrogen) atoms. The maximum Gasteiger partial charge on any atom is 0.252 e. The Kier molecular flexibility index (Phi) is 9.96. The zero-order valence-corrected chi connectivity index (χ0v) is 52.0. The molecule has 0 saturated heterocycles. The van der Waals surface area contributed by atoms with Crippen LogP contribution in [-0.2, 0) is 10.8 Å². The van der Waals surface area contributed by atoms with Crippen LogP contribution in [0.5, 0.6) is 0 Å². The molecule has 15 aromatic rings. The summed E-state index contributed by atoms with van der Waals surface area (Å²) in [5.41, 5.74) is 16.2. The van der Waals surface area contributed by atoms with Gasteiger partial charge in [-0.1, -0.05) is 248 Å². The molecule has 0 saturated carbocycles. The summed E-state index contributed by atoms with van der Waals surface area (Å²) in [4.78, 5) is 4.42. The molecule has 0 radical (unpaired) electrons. The minimum absolute atomic E-state index is 0.0174. The predicted molar refractivity (Wildman–Crippen MR) is 393 cm³/mol. The van der Waals surface area contributed by atoms with Crippen LogP contribution in [0, 0.1) is 11.3 Å². The van der Waals surface area contributed by atoms with Crippen molar-refractivity contribution in [3.63, 3.8) is 0 Å². The second-order valence-electron chi connectivity index (χ2n) is 26.2. The number of rotatable bonds is 8. The summed E-state index contributed by atoms with van der Waals surface area (Å²) in [5.74, 6) is 0. The van der Waals surface area contributed by atoms with Gasteiger partial charge in [0.15, 0.2) is 0 Å². The molecule has 0 atom stereocenters. The number of para-hydroxylation sites is 3. The maximum atomic E-state index is 12.0. The van der Waals surface area contributed by atoms with Gasteiger partial charge in [-0.05, 0) is 157 Å². The molecule has 5 nitrogen and oxygen atoms in total. The number of aromatic nitrogens is 2. The average Bonchev–Trinajstić information content (AvgIpc) is 0.743. The van der Waals surface area contributed by atoms with Crippen molar-refractivity contribution in [2.45, 2.75) is 52.4 Å². The first-order valence-corrected chi connectivity index (χ1v) is 31.3. The van der Waals surface area contributed by atoms with Crippen molar-refractivity contribution < 1.29 is 17.8 Å². The molecular formula is C87H66BN5. The molecule has 0 spiro atoms. The molecule has 13 aromatic carbocycles. The fourth-order valence-corrected chi connectivity index (χ4v) is 14.3. The lowest BCUT2D eigenvalue weighted by Gasteiger charge is -2.46. The molecule has 2 aliphatic heterocycles. The standard InChI is InChI=1S/C87H66BN5/c1-86(2,3)63-49-71(58-29-15-9-16-30-58)85(72(50-63)59-31-17-10-18-32-59)93-80-48-61(57-27-13-8-14-28-57)41-45-73(80)88-74-46-43-66(90-75-36-22-19-33-67(75)68-34-20-23-37-76(68)90)54-81(74)92(82-51-64(87(4,5)6)52-83(93)84(82)88)78-53-65(42-39-62(78)55-89)91-77-38-24-21-35-69(77)70-44-40-60(47-79(70)91)56-25-11-7-12-26-56/h7-54H,1-6H3/i8D,13D,14D,19D,20D,22D,23D,27D,28D,33D,34D,36D,37D. The lowest BCUT2D eigenvalue weighted by Crippen LogP contribution is -2.61. The second kappa shape index (κ2) is 21.4. The topological polar surface area (TPSA) is 40.1 Å². The van der Waals surface area contributed by atoms with E-state index in [0.29, 0.717) is 39.3 Å². The van der Waals surface area contributed by atoms with Gasteiger partial charge < -0.3 is 18.9 Å². The Bertz CT molecular complexity index is 6200. The van der Waals surface area contributed by atoms with Crippen LogP contribution in [0.3, 0.4) is 0 Å². The molecule has 0 unspecified atom stereocenters. The van der Waals surface area contributed by atoms with E-state index in [0.717, 1.165) is 94.3 Å². The summed E-state index contributed by atoms with van der Waals surface area (Å²) in [6, 6.07) is 68.1. The number of hydrogen-bond donors (Lipinski definition) is 0. The highest BCUT2D eigenvalue weighted by Crippen LogP contribution is 2.53. The second-order valence-corrected chi connectivity index (χ2v) is 26.2. The van der Waals surface area contributed by atoms with Crippen molar-refractivity contribution in [1.29, 1.82) is 5.26 Å². The monoisotopic (exact) mass is 1200 g/mol. The third kappa shape index (κ3) is 8.97. The Labute approximate surface area is 562 Å². The third-order valence-corrected chi connectivity index (χ3v) is 18.8. The van der Waals surface area contributed by atoms with Crippen LogP contribution < -0.4 is 26.2 Å². The molecule has 4 heterocycles. The molecule has 2 aliphatic rings. The summed E-state index contributed by atoms with van der Waals surface area (Å²) >= 11 is 0. The van der Waals surface area contributed by atoms with Crippen molar-refractivity contribution in [2.24, 2.45) is 0 Å². The number of hydrogen-bond acceptors (Lipinski definition) is 3. The van der Waals surface area contributed by atoms with Gasteiger partial charge in [0, 0.05) is 66.8 Å². The lowest BCUT2D eigenvalue weighted by atomic mass is 9.33. The van der Waals surface area contributed by atoms with Gasteiger partial charge in [-0.2, -0.15) is 5.26 Å². The first-order valence-electron chi connectivity index (χ1n) is 37.8. The van der Waals surface area contributed by atoms with E-state index in [-0.39, 0.29) is 50.6 Å². The van der Waals surface area contributed by atoms with Crippen LogP contribution in [0.15, 0.2) is 291 Å². The van der Waals surface area contributed by atoms with E-state index < -0.39 is 78.6 Å². The van der Waals surface area contributed by atoms with E-state index >= 15 is 0 Å². The minimum Gasteiger partial charge on any atom is -0.310 e. The van der Waals surface area contributed by atoms with Crippen LogP contribution in [0.25, 0.3) is 99.5 Å². The van der Waals surface area contributed by atoms with Crippen molar-refractivity contribution in [1.82, 2.24) is 9.13 Å². The summed E-state index contributed by atoms with van der Waals surface area (Å²) < 4.78 is 124. The van der Waals surface area contributed by atoms with Crippen molar-refractivity contribution in [2.75, 3.05) is 9.80 Å². The largest absolute Gasteiger partial charge is 0.310 e. The zero-order valence-electron chi connectivity index (χ0n) is 65.0. The molecule has 0 amide bonds. The lowest BCUT2D eigenvalue weighted by molar-refractivity contribution is 0.590. The number of nitriles is 1. The SMILES string of the molecule is [2H]c1c([2H])c([2H])c(-c2ccc3c(c2)N(c2c(-c4ccccc4)cc(C(C)(C)C)cc2-c2ccccc2)c2cc(C(C)(C)C)cc4c2B3c2ccc(-n3c5c([2H])c([2H])c([2H])c([2H])c5c5c([2H])c([2H])c([2H])c([2H])c53)cc2N4c2cc(-n3c4ccccc4c4ccc(-c5ccccc5)cc43)ccc2C#N)c([2H])c1[2H]. The molecule has 17 rings (SSSR count). The van der Waals surface area contributed by atoms with Gasteiger partial charge in [0.25, 0.3) is 6.71 Å². The third-order valence-electron chi connectivity index (χ3n) is 18.8. The highest BCUT2D eigenvalue weighted by atomic mass is 15.2. The van der Waals surface area contributed by atoms with Crippen molar-refractivity contribution >= 4 is 101 Å². The van der Waals surface area contributed by atoms with Gasteiger partial charge in [-0.25, -0.2) is 0 Å². The van der Waals surface area contributed by atoms with E-state index in [2.05, 4.69) is 153 Å². The van der Waals surface area contributed by atoms with Gasteiger partial charge in [-0.3, -0.25) is 0 Å². The first kappa shape index (κ1) is 43.3. The average molecular weight is 1210 g/mol. The van der Waals surface area contributed by atoms with E-state index in [1.165, 1.54) is 4.57 Å². The van der Waals surface area contributed by atoms with Crippen LogP contribution in [0.1, 0.15) is 76.1 Å². The van der Waals surface area contributed by atoms with Gasteiger partial charge in [0.1, 0.15) is 6.07 Å². The van der Waals surface area contributed by atoms with E-state index in [4.69, 9.17) is 9.60 Å². The molecule has 2 aromatic heterocycles. The minimum atomic E-state index is -0.718. The molecule has 442 valence electrons. The summed E-state index contributed by atoms with van der Waals surface area (Å²) in [7, 11) is 0. The summed E-state index contributed by atoms with van der Waals surface area (Å²) in [6.45, 7) is 12.3. The number of fused-ring (bicyclic) bond motifs is 10. The highest BCUT2D eigenvalue weighted by molar-refractivity contribution is 7.00. The predicted octanol–water partition coefficient (Wildman–Crippen LogP) is 21.1. The number of anilines is 6. The quantitative estimate of drug-likeness (QED) is 0.142. The Morgan fingerprint density at radius 2 is 0.839 bits per heavy atom. The Morgan fingerprint density at radius 1 is 0.355 bits per heavy atom. The Hall–Kier alpha value is -11.4. The van der Waals surface area contributed by atoms with Crippen molar-refractivity contribution in [3.8, 4) is 62.0 Å². The van der Waals surface area contributed by atoms with Gasteiger partial charge >= 0.3 is 0 Å².